The molecule has 0 atom stereocenters. The summed E-state index contributed by atoms with van der Waals surface area (Å²) in [5.74, 6) is 0. The lowest BCUT2D eigenvalue weighted by molar-refractivity contribution is 0.151. The number of nitrogens with zero attached hydrogens (tertiary/aromatic N) is 1. The lowest BCUT2D eigenvalue weighted by atomic mass is 10.0. The predicted molar refractivity (Wildman–Crippen MR) is 59.5 cm³/mol. The quantitative estimate of drug-likeness (QED) is 0.790. The highest BCUT2D eigenvalue weighted by atomic mass is 16.3. The Kier molecular flexibility index (Phi) is 1.91. The van der Waals surface area contributed by atoms with E-state index in [0.717, 1.165) is 32.4 Å². The zero-order chi connectivity index (χ0) is 10.5. The summed E-state index contributed by atoms with van der Waals surface area (Å²) in [7, 11) is 2.15. The Morgan fingerprint density at radius 1 is 1.27 bits per heavy atom. The van der Waals surface area contributed by atoms with E-state index < -0.39 is 0 Å². The summed E-state index contributed by atoms with van der Waals surface area (Å²) in [4.78, 5) is 2.32. The van der Waals surface area contributed by atoms with Crippen molar-refractivity contribution in [2.24, 2.45) is 0 Å². The fourth-order valence-electron chi connectivity index (χ4n) is 2.43. The molecular weight excluding hydrogens is 186 g/mol. The van der Waals surface area contributed by atoms with Gasteiger partial charge in [-0.2, -0.15) is 0 Å². The van der Waals surface area contributed by atoms with Crippen LogP contribution in [-0.2, 0) is 19.5 Å². The van der Waals surface area contributed by atoms with Gasteiger partial charge in [-0.05, 0) is 36.6 Å². The van der Waals surface area contributed by atoms with E-state index in [1.807, 2.05) is 0 Å². The van der Waals surface area contributed by atoms with E-state index in [2.05, 4.69) is 30.1 Å². The fourth-order valence-corrected chi connectivity index (χ4v) is 2.43. The van der Waals surface area contributed by atoms with Crippen LogP contribution in [0.5, 0.6) is 0 Å². The smallest absolute Gasteiger partial charge is 0.0690 e. The van der Waals surface area contributed by atoms with Gasteiger partial charge in [-0.25, -0.2) is 0 Å². The van der Waals surface area contributed by atoms with Crippen molar-refractivity contribution in [3.05, 3.63) is 34.9 Å². The molecule has 1 aliphatic carbocycles. The minimum Gasteiger partial charge on any atom is -0.390 e. The van der Waals surface area contributed by atoms with Crippen molar-refractivity contribution < 1.29 is 5.11 Å². The molecule has 0 spiro atoms. The summed E-state index contributed by atoms with van der Waals surface area (Å²) in [6.45, 7) is 2.13. The Bertz CT molecular complexity index is 396. The van der Waals surface area contributed by atoms with Crippen molar-refractivity contribution in [3.63, 3.8) is 0 Å². The molecule has 1 aromatic rings. The van der Waals surface area contributed by atoms with Gasteiger partial charge in [-0.15, -0.1) is 0 Å². The van der Waals surface area contributed by atoms with Gasteiger partial charge in [0, 0.05) is 19.5 Å². The standard InChI is InChI=1S/C13H17NO/c1-14-8-11-3-2-10(6-12(11)9-14)7-13(15)4-5-13/h2-3,6,15H,4-5,7-9H2,1H3. The van der Waals surface area contributed by atoms with E-state index in [9.17, 15) is 5.11 Å². The largest absolute Gasteiger partial charge is 0.390 e. The molecule has 0 aromatic heterocycles. The van der Waals surface area contributed by atoms with Crippen LogP contribution in [0.3, 0.4) is 0 Å². The van der Waals surface area contributed by atoms with Crippen molar-refractivity contribution in [3.8, 4) is 0 Å². The van der Waals surface area contributed by atoms with Crippen molar-refractivity contribution in [1.29, 1.82) is 0 Å². The Hall–Kier alpha value is -0.860. The van der Waals surface area contributed by atoms with Crippen LogP contribution in [0.1, 0.15) is 29.5 Å². The molecule has 0 unspecified atom stereocenters. The summed E-state index contributed by atoms with van der Waals surface area (Å²) in [5.41, 5.74) is 3.82. The monoisotopic (exact) mass is 203 g/mol. The first-order chi connectivity index (χ1) is 7.15. The highest BCUT2D eigenvalue weighted by Gasteiger charge is 2.40. The third-order valence-electron chi connectivity index (χ3n) is 3.51. The van der Waals surface area contributed by atoms with Crippen LogP contribution in [-0.4, -0.2) is 22.7 Å². The van der Waals surface area contributed by atoms with Crippen LogP contribution in [0.15, 0.2) is 18.2 Å². The molecule has 2 aliphatic rings. The molecule has 1 saturated carbocycles. The average molecular weight is 203 g/mol. The molecule has 1 aromatic carbocycles. The van der Waals surface area contributed by atoms with E-state index >= 15 is 0 Å². The molecule has 1 heterocycles. The van der Waals surface area contributed by atoms with E-state index in [1.54, 1.807) is 0 Å². The van der Waals surface area contributed by atoms with Crippen molar-refractivity contribution in [2.75, 3.05) is 7.05 Å². The molecule has 2 nitrogen and oxygen atoms in total. The van der Waals surface area contributed by atoms with Crippen LogP contribution in [0.4, 0.5) is 0 Å². The molecule has 80 valence electrons. The van der Waals surface area contributed by atoms with Gasteiger partial charge < -0.3 is 5.11 Å². The van der Waals surface area contributed by atoms with Crippen molar-refractivity contribution >= 4 is 0 Å². The van der Waals surface area contributed by atoms with Crippen LogP contribution in [0.25, 0.3) is 0 Å². The maximum absolute atomic E-state index is 9.87. The first kappa shape index (κ1) is 9.37. The van der Waals surface area contributed by atoms with Gasteiger partial charge in [0.05, 0.1) is 5.60 Å². The Labute approximate surface area is 90.5 Å². The zero-order valence-corrected chi connectivity index (χ0v) is 9.16. The lowest BCUT2D eigenvalue weighted by Crippen LogP contribution is -2.10. The molecular formula is C13H17NO. The molecule has 0 amide bonds. The third kappa shape index (κ3) is 1.80. The molecule has 1 N–H and O–H groups in total. The second kappa shape index (κ2) is 3.06. The summed E-state index contributed by atoms with van der Waals surface area (Å²) in [6, 6.07) is 6.67. The van der Waals surface area contributed by atoms with Gasteiger partial charge in [-0.1, -0.05) is 18.2 Å². The molecule has 2 heteroatoms. The summed E-state index contributed by atoms with van der Waals surface area (Å²) in [6.07, 6.45) is 2.79. The van der Waals surface area contributed by atoms with E-state index in [1.165, 1.54) is 16.7 Å². The van der Waals surface area contributed by atoms with Crippen LogP contribution in [0, 0.1) is 0 Å². The Morgan fingerprint density at radius 2 is 2.00 bits per heavy atom. The van der Waals surface area contributed by atoms with Crippen LogP contribution in [0.2, 0.25) is 0 Å². The van der Waals surface area contributed by atoms with Gasteiger partial charge >= 0.3 is 0 Å². The molecule has 15 heavy (non-hydrogen) atoms. The minimum absolute atomic E-state index is 0.362. The normalized spacial score (nSPS) is 22.8. The third-order valence-corrected chi connectivity index (χ3v) is 3.51. The average Bonchev–Trinajstić information content (AvgIpc) is 2.76. The number of fused-ring (bicyclic) bond motifs is 1. The lowest BCUT2D eigenvalue weighted by Gasteiger charge is -2.08. The minimum atomic E-state index is -0.362. The Balaban J connectivity index is 1.83. The molecule has 3 rings (SSSR count). The summed E-state index contributed by atoms with van der Waals surface area (Å²) >= 11 is 0. The van der Waals surface area contributed by atoms with Crippen LogP contribution < -0.4 is 0 Å². The maximum atomic E-state index is 9.87. The first-order valence-corrected chi connectivity index (χ1v) is 5.66. The summed E-state index contributed by atoms with van der Waals surface area (Å²) in [5, 5.41) is 9.87. The topological polar surface area (TPSA) is 23.5 Å². The SMILES string of the molecule is CN1Cc2ccc(CC3(O)CC3)cc2C1. The Morgan fingerprint density at radius 3 is 2.73 bits per heavy atom. The molecule has 1 fully saturated rings. The van der Waals surface area contributed by atoms with Gasteiger partial charge in [-0.3, -0.25) is 4.90 Å². The first-order valence-electron chi connectivity index (χ1n) is 5.66. The van der Waals surface area contributed by atoms with E-state index in [-0.39, 0.29) is 5.60 Å². The number of aliphatic hydroxyl groups is 1. The van der Waals surface area contributed by atoms with Gasteiger partial charge in [0.1, 0.15) is 0 Å². The second-order valence-electron chi connectivity index (χ2n) is 5.18. The fraction of sp³-hybridized carbons (Fsp3) is 0.538. The van der Waals surface area contributed by atoms with Gasteiger partial charge in [0.2, 0.25) is 0 Å². The molecule has 0 saturated heterocycles. The zero-order valence-electron chi connectivity index (χ0n) is 9.16. The number of hydrogen-bond acceptors (Lipinski definition) is 2. The van der Waals surface area contributed by atoms with Gasteiger partial charge in [0.15, 0.2) is 0 Å². The van der Waals surface area contributed by atoms with Gasteiger partial charge in [0.25, 0.3) is 0 Å². The molecule has 0 bridgehead atoms. The summed E-state index contributed by atoms with van der Waals surface area (Å²) < 4.78 is 0. The molecule has 1 aliphatic heterocycles. The second-order valence-corrected chi connectivity index (χ2v) is 5.18. The van der Waals surface area contributed by atoms with Crippen molar-refractivity contribution in [1.82, 2.24) is 4.90 Å². The maximum Gasteiger partial charge on any atom is 0.0690 e. The number of benzene rings is 1. The van der Waals surface area contributed by atoms with Crippen LogP contribution >= 0.6 is 0 Å². The van der Waals surface area contributed by atoms with Crippen molar-refractivity contribution in [2.45, 2.75) is 38.0 Å². The van der Waals surface area contributed by atoms with E-state index in [0.29, 0.717) is 0 Å². The number of rotatable bonds is 2. The highest BCUT2D eigenvalue weighted by molar-refractivity contribution is 5.35. The molecule has 0 radical (unpaired) electrons. The predicted octanol–water partition coefficient (Wildman–Crippen LogP) is 1.70. The van der Waals surface area contributed by atoms with E-state index in [4.69, 9.17) is 0 Å². The number of hydrogen-bond donors (Lipinski definition) is 1. The highest BCUT2D eigenvalue weighted by Crippen LogP contribution is 2.38.